The number of para-hydroxylation sites is 1. The number of benzene rings is 1. The van der Waals surface area contributed by atoms with Gasteiger partial charge in [0.15, 0.2) is 0 Å². The molecule has 3 N–H and O–H groups in total. The maximum Gasteiger partial charge on any atom is 0.140 e. The quantitative estimate of drug-likeness (QED) is 0.539. The largest absolute Gasteiger partial charge is 0.392 e. The van der Waals surface area contributed by atoms with Gasteiger partial charge < -0.3 is 15.4 Å². The van der Waals surface area contributed by atoms with Crippen LogP contribution in [-0.4, -0.2) is 27.1 Å². The van der Waals surface area contributed by atoms with E-state index in [9.17, 15) is 5.11 Å². The zero-order valence-corrected chi connectivity index (χ0v) is 13.6. The molecule has 5 heteroatoms. The second-order valence-electron chi connectivity index (χ2n) is 5.85. The van der Waals surface area contributed by atoms with Crippen LogP contribution in [0.2, 0.25) is 0 Å². The minimum atomic E-state index is -0.0602. The summed E-state index contributed by atoms with van der Waals surface area (Å²) in [5, 5.41) is 15.0. The average molecular weight is 318 g/mol. The number of aromatic nitrogens is 3. The molecule has 0 saturated heterocycles. The molecule has 3 heterocycles. The number of aryl methyl sites for hydroxylation is 1. The van der Waals surface area contributed by atoms with Gasteiger partial charge in [0.2, 0.25) is 0 Å². The van der Waals surface area contributed by atoms with Crippen LogP contribution in [0.5, 0.6) is 0 Å². The zero-order chi connectivity index (χ0) is 16.7. The molecule has 0 spiro atoms. The molecule has 5 nitrogen and oxygen atoms in total. The SMILES string of the molecule is CNc1cc(-c2nc3c(C)cccc3cc2CO)c2cc[nH]c2n1. The number of H-pyrrole nitrogens is 1. The monoisotopic (exact) mass is 318 g/mol. The summed E-state index contributed by atoms with van der Waals surface area (Å²) in [5.41, 5.74) is 5.43. The molecule has 0 radical (unpaired) electrons. The van der Waals surface area contributed by atoms with E-state index in [-0.39, 0.29) is 6.61 Å². The van der Waals surface area contributed by atoms with E-state index in [1.54, 1.807) is 0 Å². The van der Waals surface area contributed by atoms with Crippen molar-refractivity contribution in [2.75, 3.05) is 12.4 Å². The van der Waals surface area contributed by atoms with Crippen LogP contribution in [0.1, 0.15) is 11.1 Å². The van der Waals surface area contributed by atoms with Crippen molar-refractivity contribution in [3.63, 3.8) is 0 Å². The van der Waals surface area contributed by atoms with Crippen LogP contribution in [0.25, 0.3) is 33.2 Å². The first-order valence-electron chi connectivity index (χ1n) is 7.87. The fourth-order valence-electron chi connectivity index (χ4n) is 3.11. The maximum absolute atomic E-state index is 9.88. The summed E-state index contributed by atoms with van der Waals surface area (Å²) in [4.78, 5) is 12.6. The number of hydrogen-bond donors (Lipinski definition) is 3. The second-order valence-corrected chi connectivity index (χ2v) is 5.85. The van der Waals surface area contributed by atoms with Crippen LogP contribution in [-0.2, 0) is 6.61 Å². The van der Waals surface area contributed by atoms with E-state index >= 15 is 0 Å². The number of hydrogen-bond acceptors (Lipinski definition) is 4. The number of aliphatic hydroxyl groups excluding tert-OH is 1. The summed E-state index contributed by atoms with van der Waals surface area (Å²) in [6, 6.07) is 12.1. The molecule has 0 aliphatic carbocycles. The standard InChI is InChI=1S/C19H18N4O/c1-11-4-3-5-12-8-13(10-24)18(23-17(11)12)15-9-16(20-2)22-19-14(15)6-7-21-19/h3-9,24H,10H2,1-2H3,(H2,20,21,22). The lowest BCUT2D eigenvalue weighted by atomic mass is 10.0. The molecule has 3 aromatic heterocycles. The van der Waals surface area contributed by atoms with E-state index in [1.807, 2.05) is 43.6 Å². The van der Waals surface area contributed by atoms with Gasteiger partial charge in [0.05, 0.1) is 17.8 Å². The van der Waals surface area contributed by atoms with Crippen molar-refractivity contribution in [2.24, 2.45) is 0 Å². The van der Waals surface area contributed by atoms with Crippen molar-refractivity contribution in [2.45, 2.75) is 13.5 Å². The first-order chi connectivity index (χ1) is 11.7. The van der Waals surface area contributed by atoms with Crippen molar-refractivity contribution in [3.05, 3.63) is 53.7 Å². The number of pyridine rings is 2. The Hall–Kier alpha value is -2.92. The third-order valence-corrected chi connectivity index (χ3v) is 4.34. The summed E-state index contributed by atoms with van der Waals surface area (Å²) in [6.07, 6.45) is 1.87. The molecule has 24 heavy (non-hydrogen) atoms. The van der Waals surface area contributed by atoms with Crippen molar-refractivity contribution in [3.8, 4) is 11.3 Å². The third-order valence-electron chi connectivity index (χ3n) is 4.34. The normalized spacial score (nSPS) is 11.3. The molecule has 1 aromatic carbocycles. The molecule has 4 rings (SSSR count). The molecule has 0 unspecified atom stereocenters. The molecule has 0 atom stereocenters. The lowest BCUT2D eigenvalue weighted by molar-refractivity contribution is 0.282. The van der Waals surface area contributed by atoms with E-state index in [2.05, 4.69) is 28.3 Å². The van der Waals surface area contributed by atoms with Crippen LogP contribution >= 0.6 is 0 Å². The fourth-order valence-corrected chi connectivity index (χ4v) is 3.11. The summed E-state index contributed by atoms with van der Waals surface area (Å²) >= 11 is 0. The van der Waals surface area contributed by atoms with Gasteiger partial charge in [-0.25, -0.2) is 9.97 Å². The molecule has 0 aliphatic rings. The van der Waals surface area contributed by atoms with Crippen LogP contribution < -0.4 is 5.32 Å². The molecular formula is C19H18N4O. The fraction of sp³-hybridized carbons (Fsp3) is 0.158. The number of fused-ring (bicyclic) bond motifs is 2. The molecule has 120 valence electrons. The van der Waals surface area contributed by atoms with Gasteiger partial charge in [0, 0.05) is 35.1 Å². The Kier molecular flexibility index (Phi) is 3.43. The highest BCUT2D eigenvalue weighted by atomic mass is 16.3. The van der Waals surface area contributed by atoms with Crippen LogP contribution in [0.3, 0.4) is 0 Å². The van der Waals surface area contributed by atoms with Gasteiger partial charge in [-0.3, -0.25) is 0 Å². The highest BCUT2D eigenvalue weighted by Crippen LogP contribution is 2.33. The maximum atomic E-state index is 9.88. The van der Waals surface area contributed by atoms with Crippen molar-refractivity contribution < 1.29 is 5.11 Å². The Morgan fingerprint density at radius 1 is 1.17 bits per heavy atom. The minimum Gasteiger partial charge on any atom is -0.392 e. The van der Waals surface area contributed by atoms with Gasteiger partial charge in [0.1, 0.15) is 11.5 Å². The molecular weight excluding hydrogens is 300 g/mol. The Labute approximate surface area is 139 Å². The summed E-state index contributed by atoms with van der Waals surface area (Å²) in [7, 11) is 1.84. The number of anilines is 1. The predicted molar refractivity (Wildman–Crippen MR) is 97.0 cm³/mol. The Morgan fingerprint density at radius 2 is 2.04 bits per heavy atom. The summed E-state index contributed by atoms with van der Waals surface area (Å²) in [6.45, 7) is 1.99. The Balaban J connectivity index is 2.09. The van der Waals surface area contributed by atoms with Gasteiger partial charge in [-0.15, -0.1) is 0 Å². The van der Waals surface area contributed by atoms with Gasteiger partial charge in [0.25, 0.3) is 0 Å². The molecule has 0 bridgehead atoms. The lowest BCUT2D eigenvalue weighted by Crippen LogP contribution is -1.99. The summed E-state index contributed by atoms with van der Waals surface area (Å²) in [5.74, 6) is 0.760. The minimum absolute atomic E-state index is 0.0602. The Bertz CT molecular complexity index is 1050. The number of aromatic amines is 1. The molecule has 0 saturated carbocycles. The molecule has 0 amide bonds. The lowest BCUT2D eigenvalue weighted by Gasteiger charge is -2.12. The number of nitrogens with one attached hydrogen (secondary N) is 2. The molecule has 0 aliphatic heterocycles. The van der Waals surface area contributed by atoms with Crippen molar-refractivity contribution >= 4 is 27.8 Å². The van der Waals surface area contributed by atoms with E-state index in [0.29, 0.717) is 0 Å². The summed E-state index contributed by atoms with van der Waals surface area (Å²) < 4.78 is 0. The van der Waals surface area contributed by atoms with Gasteiger partial charge in [-0.2, -0.15) is 0 Å². The number of nitrogens with zero attached hydrogens (tertiary/aromatic N) is 2. The third kappa shape index (κ3) is 2.21. The molecule has 0 fully saturated rings. The first kappa shape index (κ1) is 14.7. The van der Waals surface area contributed by atoms with Gasteiger partial charge >= 0.3 is 0 Å². The highest BCUT2D eigenvalue weighted by molar-refractivity contribution is 5.96. The van der Waals surface area contributed by atoms with E-state index in [0.717, 1.165) is 50.1 Å². The van der Waals surface area contributed by atoms with Crippen molar-refractivity contribution in [1.29, 1.82) is 0 Å². The zero-order valence-electron chi connectivity index (χ0n) is 13.6. The van der Waals surface area contributed by atoms with Crippen LogP contribution in [0.4, 0.5) is 5.82 Å². The van der Waals surface area contributed by atoms with Crippen LogP contribution in [0.15, 0.2) is 42.6 Å². The first-order valence-corrected chi connectivity index (χ1v) is 7.87. The predicted octanol–water partition coefficient (Wildman–Crippen LogP) is 3.62. The van der Waals surface area contributed by atoms with Gasteiger partial charge in [-0.05, 0) is 30.7 Å². The van der Waals surface area contributed by atoms with E-state index in [1.165, 1.54) is 0 Å². The van der Waals surface area contributed by atoms with Crippen molar-refractivity contribution in [1.82, 2.24) is 15.0 Å². The van der Waals surface area contributed by atoms with E-state index in [4.69, 9.17) is 4.98 Å². The smallest absolute Gasteiger partial charge is 0.140 e. The number of rotatable bonds is 3. The number of aliphatic hydroxyl groups is 1. The molecule has 4 aromatic rings. The van der Waals surface area contributed by atoms with Crippen LogP contribution in [0, 0.1) is 6.92 Å². The topological polar surface area (TPSA) is 73.8 Å². The van der Waals surface area contributed by atoms with Gasteiger partial charge in [-0.1, -0.05) is 18.2 Å². The average Bonchev–Trinajstić information content (AvgIpc) is 3.08. The van der Waals surface area contributed by atoms with E-state index < -0.39 is 0 Å². The highest BCUT2D eigenvalue weighted by Gasteiger charge is 2.15. The Morgan fingerprint density at radius 3 is 2.83 bits per heavy atom. The second kappa shape index (κ2) is 5.62.